The van der Waals surface area contributed by atoms with Crippen LogP contribution in [0.3, 0.4) is 0 Å². The van der Waals surface area contributed by atoms with E-state index in [0.717, 1.165) is 0 Å². The van der Waals surface area contributed by atoms with E-state index >= 15 is 0 Å². The summed E-state index contributed by atoms with van der Waals surface area (Å²) in [4.78, 5) is 0. The second kappa shape index (κ2) is 6.44. The fourth-order valence-corrected chi connectivity index (χ4v) is 1.16. The number of hydrogen-bond donors (Lipinski definition) is 1. The van der Waals surface area contributed by atoms with Gasteiger partial charge in [0.2, 0.25) is 0 Å². The van der Waals surface area contributed by atoms with Gasteiger partial charge in [0.1, 0.15) is 0 Å². The Morgan fingerprint density at radius 3 is 1.33 bits per heavy atom. The largest absolute Gasteiger partial charge is 0.460 e. The molecule has 18 heavy (non-hydrogen) atoms. The van der Waals surface area contributed by atoms with Crippen molar-refractivity contribution in [2.24, 2.45) is 0 Å². The predicted octanol–water partition coefficient (Wildman–Crippen LogP) is 3.50. The standard InChI is InChI=1S/C9H19BO2.C4H11BO/c1-7(2)10-11-8(3,4)9(5,6)12-10;1-4(2)5(3)6/h7H,1-6H3;4,6H,1-3H3. The molecule has 0 unspecified atom stereocenters. The first-order valence-electron chi connectivity index (χ1n) is 6.94. The topological polar surface area (TPSA) is 38.7 Å². The smallest absolute Gasteiger partial charge is 0.450 e. The van der Waals surface area contributed by atoms with Gasteiger partial charge in [-0.1, -0.05) is 34.5 Å². The third-order valence-corrected chi connectivity index (χ3v) is 3.78. The zero-order valence-electron chi connectivity index (χ0n) is 13.6. The lowest BCUT2D eigenvalue weighted by Gasteiger charge is -2.32. The van der Waals surface area contributed by atoms with Crippen LogP contribution in [-0.2, 0) is 9.31 Å². The lowest BCUT2D eigenvalue weighted by atomic mass is 9.61. The van der Waals surface area contributed by atoms with Gasteiger partial charge in [0.15, 0.2) is 0 Å². The molecule has 0 spiro atoms. The second-order valence-electron chi connectivity index (χ2n) is 6.85. The van der Waals surface area contributed by atoms with E-state index in [-0.39, 0.29) is 25.2 Å². The van der Waals surface area contributed by atoms with Crippen LogP contribution in [0.15, 0.2) is 0 Å². The molecule has 106 valence electrons. The highest BCUT2D eigenvalue weighted by molar-refractivity contribution is 6.50. The first kappa shape index (κ1) is 18.0. The van der Waals surface area contributed by atoms with Gasteiger partial charge in [0, 0.05) is 0 Å². The molecule has 1 heterocycles. The Morgan fingerprint density at radius 1 is 0.944 bits per heavy atom. The molecule has 0 saturated carbocycles. The average Bonchev–Trinajstić information content (AvgIpc) is 2.37. The Labute approximate surface area is 114 Å². The highest BCUT2D eigenvalue weighted by atomic mass is 16.7. The maximum atomic E-state index is 8.63. The minimum Gasteiger partial charge on any atom is -0.450 e. The highest BCUT2D eigenvalue weighted by Crippen LogP contribution is 2.39. The van der Waals surface area contributed by atoms with Crippen LogP contribution in [-0.4, -0.2) is 30.3 Å². The predicted molar refractivity (Wildman–Crippen MR) is 80.1 cm³/mol. The summed E-state index contributed by atoms with van der Waals surface area (Å²) in [7, 11) is -0.0463. The van der Waals surface area contributed by atoms with Crippen LogP contribution in [0, 0.1) is 0 Å². The summed E-state index contributed by atoms with van der Waals surface area (Å²) in [5, 5.41) is 8.63. The molecule has 1 saturated heterocycles. The van der Waals surface area contributed by atoms with E-state index < -0.39 is 0 Å². The van der Waals surface area contributed by atoms with E-state index in [2.05, 4.69) is 41.5 Å². The molecule has 0 aromatic heterocycles. The summed E-state index contributed by atoms with van der Waals surface area (Å²) in [5.74, 6) is 0.830. The third-order valence-electron chi connectivity index (χ3n) is 3.78. The Bertz CT molecular complexity index is 229. The average molecular weight is 256 g/mol. The van der Waals surface area contributed by atoms with Crippen molar-refractivity contribution in [1.29, 1.82) is 0 Å². The van der Waals surface area contributed by atoms with Crippen molar-refractivity contribution in [3.63, 3.8) is 0 Å². The molecule has 3 nitrogen and oxygen atoms in total. The van der Waals surface area contributed by atoms with E-state index in [9.17, 15) is 0 Å². The minimum atomic E-state index is -0.179. The highest BCUT2D eigenvalue weighted by Gasteiger charge is 2.51. The van der Waals surface area contributed by atoms with Crippen LogP contribution in [0.5, 0.6) is 0 Å². The summed E-state index contributed by atoms with van der Waals surface area (Å²) in [6.45, 7) is 18.2. The van der Waals surface area contributed by atoms with Gasteiger partial charge >= 0.3 is 7.12 Å². The normalized spacial score (nSPS) is 21.0. The molecule has 1 rings (SSSR count). The lowest BCUT2D eigenvalue weighted by molar-refractivity contribution is 0.00578. The molecule has 0 bridgehead atoms. The van der Waals surface area contributed by atoms with Gasteiger partial charge in [0.05, 0.1) is 11.2 Å². The number of rotatable bonds is 2. The van der Waals surface area contributed by atoms with E-state index in [1.165, 1.54) is 0 Å². The SMILES string of the molecule is CB(O)C(C)C.CC(C)B1OC(C)(C)C(C)(C)O1. The van der Waals surface area contributed by atoms with E-state index in [1.54, 1.807) is 6.82 Å². The molecule has 0 aromatic carbocycles. The van der Waals surface area contributed by atoms with Crippen LogP contribution in [0.2, 0.25) is 18.5 Å². The fourth-order valence-electron chi connectivity index (χ4n) is 1.16. The fraction of sp³-hybridized carbons (Fsp3) is 1.00. The molecule has 5 heteroatoms. The molecule has 0 amide bonds. The van der Waals surface area contributed by atoms with Crippen molar-refractivity contribution in [2.75, 3.05) is 0 Å². The van der Waals surface area contributed by atoms with Crippen LogP contribution in [0.1, 0.15) is 55.4 Å². The van der Waals surface area contributed by atoms with Crippen LogP contribution in [0.25, 0.3) is 0 Å². The van der Waals surface area contributed by atoms with Gasteiger partial charge in [-0.2, -0.15) is 0 Å². The summed E-state index contributed by atoms with van der Waals surface area (Å²) in [5.41, 5.74) is -0.357. The third kappa shape index (κ3) is 4.94. The van der Waals surface area contributed by atoms with Crippen molar-refractivity contribution in [3.05, 3.63) is 0 Å². The first-order valence-corrected chi connectivity index (χ1v) is 6.94. The Morgan fingerprint density at radius 2 is 1.22 bits per heavy atom. The van der Waals surface area contributed by atoms with Crippen molar-refractivity contribution >= 4 is 14.0 Å². The van der Waals surface area contributed by atoms with Crippen LogP contribution < -0.4 is 0 Å². The van der Waals surface area contributed by atoms with E-state index in [1.807, 2.05) is 13.8 Å². The second-order valence-corrected chi connectivity index (χ2v) is 6.85. The monoisotopic (exact) mass is 256 g/mol. The molecule has 0 aromatic rings. The summed E-state index contributed by atoms with van der Waals surface area (Å²) in [6.07, 6.45) is 0. The Kier molecular flexibility index (Phi) is 6.45. The lowest BCUT2D eigenvalue weighted by Crippen LogP contribution is -2.41. The number of hydrogen-bond acceptors (Lipinski definition) is 3. The quantitative estimate of drug-likeness (QED) is 0.768. The van der Waals surface area contributed by atoms with Gasteiger partial charge in [-0.3, -0.25) is 0 Å². The summed E-state index contributed by atoms with van der Waals surface area (Å²) < 4.78 is 11.6. The Hall–Kier alpha value is 0.00987. The zero-order valence-corrected chi connectivity index (χ0v) is 13.6. The van der Waals surface area contributed by atoms with Crippen LogP contribution in [0.4, 0.5) is 0 Å². The zero-order chi connectivity index (χ0) is 14.7. The molecule has 1 N–H and O–H groups in total. The van der Waals surface area contributed by atoms with Crippen molar-refractivity contribution in [2.45, 2.75) is 85.0 Å². The summed E-state index contributed by atoms with van der Waals surface area (Å²) >= 11 is 0. The minimum absolute atomic E-state index is 0.0463. The van der Waals surface area contributed by atoms with Crippen molar-refractivity contribution < 1.29 is 14.3 Å². The summed E-state index contributed by atoms with van der Waals surface area (Å²) in [6, 6.07) is 0. The van der Waals surface area contributed by atoms with Gasteiger partial charge < -0.3 is 14.3 Å². The molecule has 0 radical (unpaired) electrons. The van der Waals surface area contributed by atoms with Gasteiger partial charge in [-0.25, -0.2) is 0 Å². The Balaban J connectivity index is 0.000000411. The van der Waals surface area contributed by atoms with Gasteiger partial charge in [-0.15, -0.1) is 0 Å². The maximum absolute atomic E-state index is 8.63. The van der Waals surface area contributed by atoms with Gasteiger partial charge in [-0.05, 0) is 39.3 Å². The molecule has 1 aliphatic heterocycles. The van der Waals surface area contributed by atoms with E-state index in [0.29, 0.717) is 11.6 Å². The molecular formula is C13H30B2O3. The van der Waals surface area contributed by atoms with E-state index in [4.69, 9.17) is 14.3 Å². The molecule has 0 atom stereocenters. The molecule has 1 fully saturated rings. The van der Waals surface area contributed by atoms with Gasteiger partial charge in [0.25, 0.3) is 6.92 Å². The first-order chi connectivity index (χ1) is 7.90. The van der Waals surface area contributed by atoms with Crippen molar-refractivity contribution in [3.8, 4) is 0 Å². The van der Waals surface area contributed by atoms with Crippen LogP contribution >= 0.6 is 0 Å². The maximum Gasteiger partial charge on any atom is 0.460 e. The molecular weight excluding hydrogens is 226 g/mol. The molecule has 0 aliphatic carbocycles. The van der Waals surface area contributed by atoms with Crippen molar-refractivity contribution in [1.82, 2.24) is 0 Å². The molecule has 1 aliphatic rings.